The number of rotatable bonds is 1. The summed E-state index contributed by atoms with van der Waals surface area (Å²) in [4.78, 5) is 33.9. The summed E-state index contributed by atoms with van der Waals surface area (Å²) in [7, 11) is 0. The standard InChI is InChI=1S/C14H19N5O2/c20-13-8-2-1-3-19(12(8)6-16-13)14(21)10-4-9-11(5-15-10)18-7-17-9/h7-8,10,12,15H,1-6H2,(H,16,20)(H,17,18). The van der Waals surface area contributed by atoms with Crippen LogP contribution in [0.2, 0.25) is 0 Å². The summed E-state index contributed by atoms with van der Waals surface area (Å²) in [5.41, 5.74) is 2.04. The first-order chi connectivity index (χ1) is 10.2. The van der Waals surface area contributed by atoms with Crippen molar-refractivity contribution >= 4 is 11.8 Å². The van der Waals surface area contributed by atoms with Crippen molar-refractivity contribution in [1.29, 1.82) is 0 Å². The van der Waals surface area contributed by atoms with Crippen LogP contribution >= 0.6 is 0 Å². The zero-order valence-electron chi connectivity index (χ0n) is 11.8. The van der Waals surface area contributed by atoms with Gasteiger partial charge in [-0.2, -0.15) is 0 Å². The predicted molar refractivity (Wildman–Crippen MR) is 74.2 cm³/mol. The molecular formula is C14H19N5O2. The van der Waals surface area contributed by atoms with E-state index in [4.69, 9.17) is 0 Å². The van der Waals surface area contributed by atoms with Crippen LogP contribution in [0.4, 0.5) is 0 Å². The van der Waals surface area contributed by atoms with Crippen LogP contribution in [0, 0.1) is 5.92 Å². The van der Waals surface area contributed by atoms with Crippen molar-refractivity contribution in [2.24, 2.45) is 5.92 Å². The molecule has 3 atom stereocenters. The fourth-order valence-corrected chi connectivity index (χ4v) is 3.77. The Morgan fingerprint density at radius 1 is 1.43 bits per heavy atom. The molecule has 0 saturated carbocycles. The van der Waals surface area contributed by atoms with Crippen LogP contribution in [0.15, 0.2) is 6.33 Å². The van der Waals surface area contributed by atoms with E-state index in [-0.39, 0.29) is 29.8 Å². The fraction of sp³-hybridized carbons (Fsp3) is 0.643. The van der Waals surface area contributed by atoms with E-state index in [1.807, 2.05) is 4.90 Å². The molecule has 2 amide bonds. The van der Waals surface area contributed by atoms with Crippen LogP contribution in [0.1, 0.15) is 24.2 Å². The monoisotopic (exact) mass is 289 g/mol. The minimum absolute atomic E-state index is 0.0211. The number of aromatic nitrogens is 2. The lowest BCUT2D eigenvalue weighted by Gasteiger charge is -2.38. The van der Waals surface area contributed by atoms with Gasteiger partial charge in [0.2, 0.25) is 11.8 Å². The Morgan fingerprint density at radius 2 is 2.33 bits per heavy atom. The lowest BCUT2D eigenvalue weighted by Crippen LogP contribution is -2.56. The van der Waals surface area contributed by atoms with E-state index in [1.54, 1.807) is 6.33 Å². The number of hydrogen-bond donors (Lipinski definition) is 3. The Balaban J connectivity index is 1.51. The summed E-state index contributed by atoms with van der Waals surface area (Å²) in [6.45, 7) is 1.99. The van der Waals surface area contributed by atoms with Crippen molar-refractivity contribution in [3.8, 4) is 0 Å². The second-order valence-corrected chi connectivity index (χ2v) is 6.06. The summed E-state index contributed by atoms with van der Waals surface area (Å²) in [5, 5.41) is 6.17. The quantitative estimate of drug-likeness (QED) is 0.629. The molecule has 0 aliphatic carbocycles. The maximum atomic E-state index is 12.8. The SMILES string of the molecule is O=C1NCC2C1CCCN2C(=O)C1Cc2nc[nH]c2CN1. The Hall–Kier alpha value is -1.89. The normalized spacial score (nSPS) is 31.5. The zero-order valence-corrected chi connectivity index (χ0v) is 11.8. The minimum Gasteiger partial charge on any atom is -0.354 e. The number of carbonyl (C=O) groups excluding carboxylic acids is 2. The first-order valence-electron chi connectivity index (χ1n) is 7.57. The summed E-state index contributed by atoms with van der Waals surface area (Å²) in [5.74, 6) is 0.186. The second-order valence-electron chi connectivity index (χ2n) is 6.06. The van der Waals surface area contributed by atoms with Crippen molar-refractivity contribution in [2.45, 2.75) is 37.9 Å². The molecule has 0 aromatic carbocycles. The number of fused-ring (bicyclic) bond motifs is 2. The van der Waals surface area contributed by atoms with Crippen LogP contribution in [0.25, 0.3) is 0 Å². The van der Waals surface area contributed by atoms with Crippen molar-refractivity contribution in [1.82, 2.24) is 25.5 Å². The van der Waals surface area contributed by atoms with Gasteiger partial charge in [-0.1, -0.05) is 0 Å². The fourth-order valence-electron chi connectivity index (χ4n) is 3.77. The van der Waals surface area contributed by atoms with Crippen molar-refractivity contribution < 1.29 is 9.59 Å². The van der Waals surface area contributed by atoms with Gasteiger partial charge in [0.15, 0.2) is 0 Å². The first-order valence-corrected chi connectivity index (χ1v) is 7.57. The first kappa shape index (κ1) is 12.8. The molecule has 3 aliphatic rings. The molecule has 2 fully saturated rings. The maximum Gasteiger partial charge on any atom is 0.240 e. The largest absolute Gasteiger partial charge is 0.354 e. The van der Waals surface area contributed by atoms with Gasteiger partial charge in [0.25, 0.3) is 0 Å². The van der Waals surface area contributed by atoms with E-state index in [2.05, 4.69) is 20.6 Å². The van der Waals surface area contributed by atoms with Crippen LogP contribution in [0.5, 0.6) is 0 Å². The van der Waals surface area contributed by atoms with Crippen molar-refractivity contribution in [3.05, 3.63) is 17.7 Å². The van der Waals surface area contributed by atoms with Gasteiger partial charge in [-0.05, 0) is 12.8 Å². The van der Waals surface area contributed by atoms with Crippen molar-refractivity contribution in [3.63, 3.8) is 0 Å². The van der Waals surface area contributed by atoms with Gasteiger partial charge in [0.05, 0.1) is 35.7 Å². The van der Waals surface area contributed by atoms with E-state index >= 15 is 0 Å². The molecule has 112 valence electrons. The van der Waals surface area contributed by atoms with Crippen LogP contribution in [-0.4, -0.2) is 51.9 Å². The summed E-state index contributed by atoms with van der Waals surface area (Å²) in [6.07, 6.45) is 4.09. The number of nitrogens with one attached hydrogen (secondary N) is 3. The molecule has 3 unspecified atom stereocenters. The van der Waals surface area contributed by atoms with Gasteiger partial charge in [0.1, 0.15) is 0 Å². The van der Waals surface area contributed by atoms with Gasteiger partial charge >= 0.3 is 0 Å². The third kappa shape index (κ3) is 2.03. The van der Waals surface area contributed by atoms with E-state index in [9.17, 15) is 9.59 Å². The maximum absolute atomic E-state index is 12.8. The number of nitrogens with zero attached hydrogens (tertiary/aromatic N) is 2. The molecule has 7 heteroatoms. The number of aromatic amines is 1. The van der Waals surface area contributed by atoms with E-state index in [1.165, 1.54) is 0 Å². The van der Waals surface area contributed by atoms with E-state index in [0.717, 1.165) is 30.8 Å². The third-order valence-corrected chi connectivity index (χ3v) is 4.91. The van der Waals surface area contributed by atoms with Gasteiger partial charge in [-0.3, -0.25) is 14.9 Å². The molecular weight excluding hydrogens is 270 g/mol. The van der Waals surface area contributed by atoms with Gasteiger partial charge in [0, 0.05) is 26.1 Å². The van der Waals surface area contributed by atoms with Crippen LogP contribution in [-0.2, 0) is 22.6 Å². The van der Waals surface area contributed by atoms with Gasteiger partial charge in [-0.25, -0.2) is 4.98 Å². The molecule has 1 aromatic rings. The zero-order chi connectivity index (χ0) is 14.4. The van der Waals surface area contributed by atoms with E-state index < -0.39 is 0 Å². The number of carbonyl (C=O) groups is 2. The average Bonchev–Trinajstić information content (AvgIpc) is 3.12. The lowest BCUT2D eigenvalue weighted by molar-refractivity contribution is -0.139. The molecule has 3 N–H and O–H groups in total. The Labute approximate surface area is 122 Å². The minimum atomic E-state index is -0.227. The molecule has 3 aliphatic heterocycles. The number of imidazole rings is 1. The number of H-pyrrole nitrogens is 1. The van der Waals surface area contributed by atoms with Crippen LogP contribution in [0.3, 0.4) is 0 Å². The highest BCUT2D eigenvalue weighted by atomic mass is 16.2. The second kappa shape index (κ2) is 4.84. The lowest BCUT2D eigenvalue weighted by atomic mass is 9.90. The number of piperidine rings is 1. The molecule has 0 spiro atoms. The Morgan fingerprint density at radius 3 is 3.24 bits per heavy atom. The molecule has 7 nitrogen and oxygen atoms in total. The Bertz CT molecular complexity index is 584. The highest BCUT2D eigenvalue weighted by Gasteiger charge is 2.44. The molecule has 0 radical (unpaired) electrons. The molecule has 4 rings (SSSR count). The predicted octanol–water partition coefficient (Wildman–Crippen LogP) is -0.839. The number of amides is 2. The van der Waals surface area contributed by atoms with E-state index in [0.29, 0.717) is 19.5 Å². The topological polar surface area (TPSA) is 90.1 Å². The molecule has 1 aromatic heterocycles. The smallest absolute Gasteiger partial charge is 0.240 e. The molecule has 0 bridgehead atoms. The summed E-state index contributed by atoms with van der Waals surface area (Å²) >= 11 is 0. The van der Waals surface area contributed by atoms with Gasteiger partial charge < -0.3 is 15.2 Å². The molecule has 2 saturated heterocycles. The van der Waals surface area contributed by atoms with Crippen LogP contribution < -0.4 is 10.6 Å². The average molecular weight is 289 g/mol. The highest BCUT2D eigenvalue weighted by Crippen LogP contribution is 2.28. The summed E-state index contributed by atoms with van der Waals surface area (Å²) in [6, 6.07) is -0.198. The van der Waals surface area contributed by atoms with Gasteiger partial charge in [-0.15, -0.1) is 0 Å². The van der Waals surface area contributed by atoms with Crippen molar-refractivity contribution in [2.75, 3.05) is 13.1 Å². The highest BCUT2D eigenvalue weighted by molar-refractivity contribution is 5.87. The number of hydrogen-bond acceptors (Lipinski definition) is 4. The summed E-state index contributed by atoms with van der Waals surface area (Å²) < 4.78 is 0. The number of likely N-dealkylation sites (tertiary alicyclic amines) is 1. The molecule has 21 heavy (non-hydrogen) atoms. The third-order valence-electron chi connectivity index (χ3n) is 4.91. The Kier molecular flexibility index (Phi) is 2.95. The molecule has 4 heterocycles.